The average molecular weight is 313 g/mol. The summed E-state index contributed by atoms with van der Waals surface area (Å²) in [5.41, 5.74) is 3.40. The molecule has 4 rings (SSSR count). The van der Waals surface area contributed by atoms with Crippen LogP contribution in [0.25, 0.3) is 20.5 Å². The smallest absolute Gasteiger partial charge is 0.209 e. The van der Waals surface area contributed by atoms with Gasteiger partial charge >= 0.3 is 0 Å². The molecule has 0 aliphatic carbocycles. The van der Waals surface area contributed by atoms with Crippen molar-refractivity contribution in [3.8, 4) is 0 Å². The van der Waals surface area contributed by atoms with Gasteiger partial charge in [-0.3, -0.25) is 0 Å². The largest absolute Gasteiger partial charge is 0.430 e. The minimum Gasteiger partial charge on any atom is -0.430 e. The Morgan fingerprint density at radius 2 is 1.95 bits per heavy atom. The van der Waals surface area contributed by atoms with E-state index in [-0.39, 0.29) is 5.66 Å². The van der Waals surface area contributed by atoms with Crippen molar-refractivity contribution in [3.05, 3.63) is 36.0 Å². The molecular formula is C17H19N3OS. The van der Waals surface area contributed by atoms with Crippen molar-refractivity contribution in [1.29, 1.82) is 0 Å². The number of aryl methyl sites for hydroxylation is 2. The standard InChI is InChI=1S/C17H19N3OS/c1-10-6-7-12-13-16(21-11(2)18-13)22-15(12)14(10)20-9-8-19(5)17(20,3)4/h6-9H,1-5H3. The number of nitrogens with zero attached hydrogens (tertiary/aromatic N) is 3. The van der Waals surface area contributed by atoms with Gasteiger partial charge in [-0.15, -0.1) is 0 Å². The van der Waals surface area contributed by atoms with Gasteiger partial charge in [0.2, 0.25) is 4.90 Å². The normalized spacial score (nSPS) is 17.3. The molecule has 0 atom stereocenters. The van der Waals surface area contributed by atoms with Crippen LogP contribution in [0.5, 0.6) is 0 Å². The Balaban J connectivity index is 2.03. The van der Waals surface area contributed by atoms with Crippen LogP contribution in [-0.2, 0) is 0 Å². The van der Waals surface area contributed by atoms with Crippen molar-refractivity contribution in [2.75, 3.05) is 11.9 Å². The van der Waals surface area contributed by atoms with Gasteiger partial charge in [-0.2, -0.15) is 0 Å². The second-order valence-corrected chi connectivity index (χ2v) is 7.34. The second-order valence-electron chi connectivity index (χ2n) is 6.35. The Morgan fingerprint density at radius 3 is 2.64 bits per heavy atom. The summed E-state index contributed by atoms with van der Waals surface area (Å²) in [5.74, 6) is 0.728. The van der Waals surface area contributed by atoms with Gasteiger partial charge < -0.3 is 14.2 Å². The molecule has 3 aromatic rings. The minimum atomic E-state index is -0.0898. The highest BCUT2D eigenvalue weighted by molar-refractivity contribution is 7.25. The molecule has 0 saturated heterocycles. The fraction of sp³-hybridized carbons (Fsp3) is 0.353. The Kier molecular flexibility index (Phi) is 2.64. The molecule has 0 bridgehead atoms. The van der Waals surface area contributed by atoms with E-state index in [9.17, 15) is 0 Å². The zero-order chi connectivity index (χ0) is 15.6. The van der Waals surface area contributed by atoms with Crippen LogP contribution in [0, 0.1) is 13.8 Å². The van der Waals surface area contributed by atoms with E-state index in [4.69, 9.17) is 4.42 Å². The van der Waals surface area contributed by atoms with Gasteiger partial charge in [0.1, 0.15) is 11.2 Å². The molecule has 4 nitrogen and oxygen atoms in total. The molecule has 1 aliphatic rings. The molecule has 0 amide bonds. The first-order valence-electron chi connectivity index (χ1n) is 7.39. The van der Waals surface area contributed by atoms with Gasteiger partial charge in [0.25, 0.3) is 0 Å². The lowest BCUT2D eigenvalue weighted by Gasteiger charge is -2.39. The molecule has 0 radical (unpaired) electrons. The van der Waals surface area contributed by atoms with Crippen molar-refractivity contribution in [2.45, 2.75) is 33.4 Å². The molecule has 0 spiro atoms. The predicted octanol–water partition coefficient (Wildman–Crippen LogP) is 4.62. The molecule has 3 heterocycles. The fourth-order valence-corrected chi connectivity index (χ4v) is 4.28. The Hall–Kier alpha value is -2.01. The predicted molar refractivity (Wildman–Crippen MR) is 92.3 cm³/mol. The molecule has 5 heteroatoms. The number of hydrogen-bond donors (Lipinski definition) is 0. The van der Waals surface area contributed by atoms with E-state index < -0.39 is 0 Å². The van der Waals surface area contributed by atoms with E-state index in [1.807, 2.05) is 6.92 Å². The molecule has 0 unspecified atom stereocenters. The maximum atomic E-state index is 5.74. The molecule has 114 valence electrons. The minimum absolute atomic E-state index is 0.0898. The van der Waals surface area contributed by atoms with Crippen LogP contribution in [0.2, 0.25) is 0 Å². The number of oxazole rings is 1. The lowest BCUT2D eigenvalue weighted by Crippen LogP contribution is -2.46. The summed E-state index contributed by atoms with van der Waals surface area (Å²) in [7, 11) is 2.11. The lowest BCUT2D eigenvalue weighted by molar-refractivity contribution is 0.253. The summed E-state index contributed by atoms with van der Waals surface area (Å²) in [6.45, 7) is 8.52. The van der Waals surface area contributed by atoms with Crippen LogP contribution in [0.15, 0.2) is 28.9 Å². The van der Waals surface area contributed by atoms with Crippen molar-refractivity contribution >= 4 is 37.5 Å². The van der Waals surface area contributed by atoms with Crippen molar-refractivity contribution < 1.29 is 4.42 Å². The first-order chi connectivity index (χ1) is 10.4. The van der Waals surface area contributed by atoms with E-state index >= 15 is 0 Å². The molecule has 22 heavy (non-hydrogen) atoms. The van der Waals surface area contributed by atoms with E-state index in [0.29, 0.717) is 0 Å². The van der Waals surface area contributed by atoms with Crippen LogP contribution in [0.3, 0.4) is 0 Å². The number of rotatable bonds is 1. The van der Waals surface area contributed by atoms with Gasteiger partial charge in [0.15, 0.2) is 5.89 Å². The summed E-state index contributed by atoms with van der Waals surface area (Å²) in [4.78, 5) is 10.0. The summed E-state index contributed by atoms with van der Waals surface area (Å²) in [6.07, 6.45) is 4.28. The molecule has 0 fully saturated rings. The highest BCUT2D eigenvalue weighted by Crippen LogP contribution is 2.44. The molecule has 0 N–H and O–H groups in total. The molecular weight excluding hydrogens is 294 g/mol. The quantitative estimate of drug-likeness (QED) is 0.656. The maximum Gasteiger partial charge on any atom is 0.209 e. The first kappa shape index (κ1) is 13.6. The van der Waals surface area contributed by atoms with Gasteiger partial charge in [-0.05, 0) is 26.3 Å². The fourth-order valence-electron chi connectivity index (χ4n) is 3.05. The third-order valence-electron chi connectivity index (χ3n) is 4.62. The first-order valence-corrected chi connectivity index (χ1v) is 8.21. The third-order valence-corrected chi connectivity index (χ3v) is 5.70. The lowest BCUT2D eigenvalue weighted by atomic mass is 10.1. The molecule has 2 aromatic heterocycles. The zero-order valence-electron chi connectivity index (χ0n) is 13.5. The van der Waals surface area contributed by atoms with Crippen molar-refractivity contribution in [3.63, 3.8) is 0 Å². The molecule has 1 aromatic carbocycles. The average Bonchev–Trinajstić information content (AvgIpc) is 3.03. The van der Waals surface area contributed by atoms with Crippen molar-refractivity contribution in [2.24, 2.45) is 0 Å². The second kappa shape index (κ2) is 4.26. The summed E-state index contributed by atoms with van der Waals surface area (Å²) >= 11 is 1.69. The highest BCUT2D eigenvalue weighted by Gasteiger charge is 2.35. The monoisotopic (exact) mass is 313 g/mol. The maximum absolute atomic E-state index is 5.74. The Labute approximate surface area is 133 Å². The number of anilines is 1. The van der Waals surface area contributed by atoms with Crippen molar-refractivity contribution in [1.82, 2.24) is 9.88 Å². The van der Waals surface area contributed by atoms with E-state index in [2.05, 4.69) is 67.1 Å². The van der Waals surface area contributed by atoms with Crippen LogP contribution in [0.1, 0.15) is 25.3 Å². The summed E-state index contributed by atoms with van der Waals surface area (Å²) < 4.78 is 6.99. The molecule has 0 saturated carbocycles. The van der Waals surface area contributed by atoms with Crippen LogP contribution < -0.4 is 4.90 Å². The SMILES string of the molecule is Cc1nc2c(o1)sc1c(N3C=CN(C)C3(C)C)c(C)ccc12. The van der Waals surface area contributed by atoms with E-state index in [0.717, 1.165) is 16.3 Å². The molecule has 1 aliphatic heterocycles. The van der Waals surface area contributed by atoms with Crippen LogP contribution in [0.4, 0.5) is 5.69 Å². The number of aromatic nitrogens is 1. The number of fused-ring (bicyclic) bond motifs is 3. The van der Waals surface area contributed by atoms with E-state index in [1.165, 1.54) is 21.3 Å². The zero-order valence-corrected chi connectivity index (χ0v) is 14.3. The summed E-state index contributed by atoms with van der Waals surface area (Å²) in [6, 6.07) is 4.33. The van der Waals surface area contributed by atoms with E-state index in [1.54, 1.807) is 11.3 Å². The highest BCUT2D eigenvalue weighted by atomic mass is 32.1. The van der Waals surface area contributed by atoms with Gasteiger partial charge in [0, 0.05) is 31.8 Å². The Bertz CT molecular complexity index is 919. The number of benzene rings is 1. The number of thiophene rings is 1. The Morgan fingerprint density at radius 1 is 1.18 bits per heavy atom. The van der Waals surface area contributed by atoms with Gasteiger partial charge in [-0.1, -0.05) is 23.5 Å². The summed E-state index contributed by atoms with van der Waals surface area (Å²) in [5, 5.41) is 1.18. The number of hydrogen-bond acceptors (Lipinski definition) is 5. The third kappa shape index (κ3) is 1.66. The van der Waals surface area contributed by atoms with Gasteiger partial charge in [0.05, 0.1) is 10.4 Å². The topological polar surface area (TPSA) is 32.5 Å². The van der Waals surface area contributed by atoms with Crippen LogP contribution in [-0.4, -0.2) is 22.6 Å². The van der Waals surface area contributed by atoms with Crippen LogP contribution >= 0.6 is 11.3 Å². The van der Waals surface area contributed by atoms with Gasteiger partial charge in [-0.25, -0.2) is 4.98 Å².